The second kappa shape index (κ2) is 6.25. The molecule has 2 rings (SSSR count). The van der Waals surface area contributed by atoms with Crippen LogP contribution in [0.3, 0.4) is 0 Å². The Kier molecular flexibility index (Phi) is 4.91. The summed E-state index contributed by atoms with van der Waals surface area (Å²) in [6.07, 6.45) is 2.26. The summed E-state index contributed by atoms with van der Waals surface area (Å²) < 4.78 is 0. The second-order valence-electron chi connectivity index (χ2n) is 4.90. The van der Waals surface area contributed by atoms with Gasteiger partial charge in [-0.05, 0) is 50.5 Å². The third-order valence-electron chi connectivity index (χ3n) is 3.74. The van der Waals surface area contributed by atoms with Gasteiger partial charge in [-0.2, -0.15) is 0 Å². The molecule has 0 saturated carbocycles. The Morgan fingerprint density at radius 3 is 2.56 bits per heavy atom. The predicted octanol–water partition coefficient (Wildman–Crippen LogP) is 3.73. The first kappa shape index (κ1) is 14.1. The summed E-state index contributed by atoms with van der Waals surface area (Å²) >= 11 is 12.7. The Hall–Kier alpha value is -0.280. The highest BCUT2D eigenvalue weighted by Crippen LogP contribution is 2.42. The lowest BCUT2D eigenvalue weighted by molar-refractivity contribution is 0.231. The predicted molar refractivity (Wildman–Crippen MR) is 78.2 cm³/mol. The quantitative estimate of drug-likeness (QED) is 0.914. The van der Waals surface area contributed by atoms with Crippen molar-refractivity contribution < 1.29 is 0 Å². The van der Waals surface area contributed by atoms with E-state index in [4.69, 9.17) is 28.9 Å². The molecular formula is C14H20Cl2N2. The number of rotatable bonds is 4. The highest BCUT2D eigenvalue weighted by atomic mass is 35.5. The lowest BCUT2D eigenvalue weighted by Gasteiger charge is -2.29. The van der Waals surface area contributed by atoms with E-state index in [1.165, 1.54) is 0 Å². The van der Waals surface area contributed by atoms with Crippen molar-refractivity contribution in [2.75, 3.05) is 19.6 Å². The van der Waals surface area contributed by atoms with Crippen LogP contribution in [0.5, 0.6) is 0 Å². The normalized spacial score (nSPS) is 24.7. The van der Waals surface area contributed by atoms with Crippen LogP contribution in [-0.2, 0) is 0 Å². The van der Waals surface area contributed by atoms with Crippen molar-refractivity contribution in [3.63, 3.8) is 0 Å². The van der Waals surface area contributed by atoms with Crippen LogP contribution in [0, 0.1) is 5.92 Å². The number of likely N-dealkylation sites (tertiary alicyclic amines) is 1. The Balaban J connectivity index is 2.37. The molecule has 100 valence electrons. The minimum Gasteiger partial charge on any atom is -0.330 e. The van der Waals surface area contributed by atoms with E-state index in [0.717, 1.165) is 41.5 Å². The lowest BCUT2D eigenvalue weighted by atomic mass is 9.93. The third-order valence-corrected chi connectivity index (χ3v) is 4.40. The van der Waals surface area contributed by atoms with Gasteiger partial charge < -0.3 is 5.73 Å². The van der Waals surface area contributed by atoms with E-state index in [1.807, 2.05) is 18.2 Å². The fourth-order valence-corrected chi connectivity index (χ4v) is 3.54. The Labute approximate surface area is 119 Å². The van der Waals surface area contributed by atoms with Gasteiger partial charge in [-0.3, -0.25) is 4.90 Å². The van der Waals surface area contributed by atoms with E-state index in [1.54, 1.807) is 0 Å². The van der Waals surface area contributed by atoms with E-state index < -0.39 is 0 Å². The van der Waals surface area contributed by atoms with Gasteiger partial charge in [0.05, 0.1) is 0 Å². The van der Waals surface area contributed by atoms with Gasteiger partial charge >= 0.3 is 0 Å². The van der Waals surface area contributed by atoms with Crippen molar-refractivity contribution in [1.29, 1.82) is 0 Å². The standard InChI is InChI=1S/C14H20Cl2N2/c1-2-7-18-8-6-10(9-17)14(18)13-11(15)4-3-5-12(13)16/h3-5,10,14H,2,6-9,17H2,1H3. The van der Waals surface area contributed by atoms with E-state index >= 15 is 0 Å². The molecule has 1 aliphatic heterocycles. The first-order chi connectivity index (χ1) is 8.69. The molecular weight excluding hydrogens is 267 g/mol. The van der Waals surface area contributed by atoms with E-state index in [2.05, 4.69) is 11.8 Å². The summed E-state index contributed by atoms with van der Waals surface area (Å²) in [7, 11) is 0. The molecule has 1 heterocycles. The van der Waals surface area contributed by atoms with Crippen LogP contribution >= 0.6 is 23.2 Å². The Morgan fingerprint density at radius 1 is 1.33 bits per heavy atom. The van der Waals surface area contributed by atoms with Crippen LogP contribution in [0.4, 0.5) is 0 Å². The molecule has 2 nitrogen and oxygen atoms in total. The summed E-state index contributed by atoms with van der Waals surface area (Å²) in [5.74, 6) is 0.453. The monoisotopic (exact) mass is 286 g/mol. The summed E-state index contributed by atoms with van der Waals surface area (Å²) in [6, 6.07) is 6.00. The molecule has 2 unspecified atom stereocenters. The maximum absolute atomic E-state index is 6.35. The SMILES string of the molecule is CCCN1CCC(CN)C1c1c(Cl)cccc1Cl. The molecule has 0 aliphatic carbocycles. The van der Waals surface area contributed by atoms with Crippen LogP contribution in [0.1, 0.15) is 31.4 Å². The fourth-order valence-electron chi connectivity index (χ4n) is 2.92. The average molecular weight is 287 g/mol. The zero-order chi connectivity index (χ0) is 13.1. The van der Waals surface area contributed by atoms with Crippen LogP contribution in [-0.4, -0.2) is 24.5 Å². The molecule has 0 amide bonds. The molecule has 1 aromatic rings. The zero-order valence-corrected chi connectivity index (χ0v) is 12.2. The highest BCUT2D eigenvalue weighted by molar-refractivity contribution is 6.36. The van der Waals surface area contributed by atoms with E-state index in [-0.39, 0.29) is 6.04 Å². The molecule has 1 aliphatic rings. The molecule has 1 saturated heterocycles. The molecule has 0 bridgehead atoms. The first-order valence-electron chi connectivity index (χ1n) is 6.57. The fraction of sp³-hybridized carbons (Fsp3) is 0.571. The molecule has 0 aromatic heterocycles. The van der Waals surface area contributed by atoms with E-state index in [0.29, 0.717) is 12.5 Å². The van der Waals surface area contributed by atoms with Gasteiger partial charge in [0.1, 0.15) is 0 Å². The van der Waals surface area contributed by atoms with Gasteiger partial charge in [0.25, 0.3) is 0 Å². The number of benzene rings is 1. The Bertz CT molecular complexity index is 389. The van der Waals surface area contributed by atoms with Gasteiger partial charge in [-0.1, -0.05) is 36.2 Å². The topological polar surface area (TPSA) is 29.3 Å². The van der Waals surface area contributed by atoms with Crippen molar-refractivity contribution in [3.05, 3.63) is 33.8 Å². The van der Waals surface area contributed by atoms with Gasteiger partial charge in [0.2, 0.25) is 0 Å². The van der Waals surface area contributed by atoms with Crippen molar-refractivity contribution in [1.82, 2.24) is 4.90 Å². The van der Waals surface area contributed by atoms with Crippen molar-refractivity contribution in [3.8, 4) is 0 Å². The number of hydrogen-bond donors (Lipinski definition) is 1. The molecule has 1 aromatic carbocycles. The summed E-state index contributed by atoms with van der Waals surface area (Å²) in [6.45, 7) is 5.04. The van der Waals surface area contributed by atoms with E-state index in [9.17, 15) is 0 Å². The van der Waals surface area contributed by atoms with Gasteiger partial charge in [0, 0.05) is 21.7 Å². The van der Waals surface area contributed by atoms with Crippen molar-refractivity contribution in [2.45, 2.75) is 25.8 Å². The first-order valence-corrected chi connectivity index (χ1v) is 7.32. The summed E-state index contributed by atoms with van der Waals surface area (Å²) in [5.41, 5.74) is 6.96. The molecule has 4 heteroatoms. The zero-order valence-electron chi connectivity index (χ0n) is 10.7. The molecule has 2 N–H and O–H groups in total. The largest absolute Gasteiger partial charge is 0.330 e. The molecule has 18 heavy (non-hydrogen) atoms. The van der Waals surface area contributed by atoms with Gasteiger partial charge in [-0.15, -0.1) is 0 Å². The molecule has 1 fully saturated rings. The molecule has 0 radical (unpaired) electrons. The Morgan fingerprint density at radius 2 is 2.00 bits per heavy atom. The number of nitrogens with zero attached hydrogens (tertiary/aromatic N) is 1. The maximum Gasteiger partial charge on any atom is 0.0468 e. The van der Waals surface area contributed by atoms with Crippen molar-refractivity contribution in [2.24, 2.45) is 11.7 Å². The highest BCUT2D eigenvalue weighted by Gasteiger charge is 2.36. The number of nitrogens with two attached hydrogens (primary N) is 1. The summed E-state index contributed by atoms with van der Waals surface area (Å²) in [4.78, 5) is 2.46. The van der Waals surface area contributed by atoms with Crippen LogP contribution in [0.15, 0.2) is 18.2 Å². The second-order valence-corrected chi connectivity index (χ2v) is 5.71. The number of hydrogen-bond acceptors (Lipinski definition) is 2. The van der Waals surface area contributed by atoms with Crippen LogP contribution in [0.25, 0.3) is 0 Å². The minimum atomic E-state index is 0.274. The molecule has 2 atom stereocenters. The van der Waals surface area contributed by atoms with Crippen LogP contribution in [0.2, 0.25) is 10.0 Å². The number of halogens is 2. The minimum absolute atomic E-state index is 0.274. The average Bonchev–Trinajstić information content (AvgIpc) is 2.73. The van der Waals surface area contributed by atoms with Gasteiger partial charge in [0.15, 0.2) is 0 Å². The maximum atomic E-state index is 6.35. The lowest BCUT2D eigenvalue weighted by Crippen LogP contribution is -2.29. The smallest absolute Gasteiger partial charge is 0.0468 e. The molecule has 0 spiro atoms. The third kappa shape index (κ3) is 2.67. The van der Waals surface area contributed by atoms with Crippen LogP contribution < -0.4 is 5.73 Å². The summed E-state index contributed by atoms with van der Waals surface area (Å²) in [5, 5.41) is 1.52. The van der Waals surface area contributed by atoms with Crippen molar-refractivity contribution >= 4 is 23.2 Å². The van der Waals surface area contributed by atoms with Gasteiger partial charge in [-0.25, -0.2) is 0 Å².